The first-order valence-electron chi connectivity index (χ1n) is 6.69. The minimum Gasteiger partial charge on any atom is -0.489 e. The number of halogens is 2. The molecule has 0 aromatic heterocycles. The van der Waals surface area contributed by atoms with Crippen molar-refractivity contribution in [2.75, 3.05) is 6.54 Å². The van der Waals surface area contributed by atoms with E-state index in [2.05, 4.69) is 5.32 Å². The predicted molar refractivity (Wildman–Crippen MR) is 88.8 cm³/mol. The van der Waals surface area contributed by atoms with Crippen LogP contribution in [0.15, 0.2) is 42.5 Å². The van der Waals surface area contributed by atoms with Crippen LogP contribution in [0.25, 0.3) is 0 Å². The van der Waals surface area contributed by atoms with Gasteiger partial charge in [-0.15, -0.1) is 0 Å². The van der Waals surface area contributed by atoms with E-state index in [1.807, 2.05) is 0 Å². The SMILES string of the molecule is NC(=O)CNC(=O)c1cccc(OCc2c(Cl)cccc2Cl)c1. The number of carbonyl (C=O) groups excluding carboxylic acids is 2. The summed E-state index contributed by atoms with van der Waals surface area (Å²) in [4.78, 5) is 22.6. The number of benzene rings is 2. The molecule has 2 amide bonds. The van der Waals surface area contributed by atoms with E-state index < -0.39 is 11.8 Å². The molecule has 0 saturated heterocycles. The van der Waals surface area contributed by atoms with Gasteiger partial charge in [0, 0.05) is 21.2 Å². The highest BCUT2D eigenvalue weighted by atomic mass is 35.5. The maximum atomic E-state index is 11.9. The molecule has 0 heterocycles. The molecule has 2 rings (SSSR count). The van der Waals surface area contributed by atoms with Crippen molar-refractivity contribution < 1.29 is 14.3 Å². The fourth-order valence-corrected chi connectivity index (χ4v) is 2.33. The van der Waals surface area contributed by atoms with Gasteiger partial charge in [-0.1, -0.05) is 35.3 Å². The Hall–Kier alpha value is -2.24. The molecule has 3 N–H and O–H groups in total. The van der Waals surface area contributed by atoms with E-state index in [4.69, 9.17) is 33.7 Å². The summed E-state index contributed by atoms with van der Waals surface area (Å²) in [5.74, 6) is -0.545. The van der Waals surface area contributed by atoms with Gasteiger partial charge in [0.2, 0.25) is 5.91 Å². The first kappa shape index (κ1) is 17.1. The van der Waals surface area contributed by atoms with E-state index >= 15 is 0 Å². The lowest BCUT2D eigenvalue weighted by Gasteiger charge is -2.10. The van der Waals surface area contributed by atoms with Crippen LogP contribution in [-0.2, 0) is 11.4 Å². The molecule has 2 aromatic carbocycles. The molecule has 0 fully saturated rings. The van der Waals surface area contributed by atoms with Crippen LogP contribution in [0.3, 0.4) is 0 Å². The Kier molecular flexibility index (Phi) is 5.84. The second-order valence-corrected chi connectivity index (χ2v) is 5.48. The highest BCUT2D eigenvalue weighted by Gasteiger charge is 2.09. The molecule has 23 heavy (non-hydrogen) atoms. The van der Waals surface area contributed by atoms with Crippen LogP contribution in [0.2, 0.25) is 10.0 Å². The largest absolute Gasteiger partial charge is 0.489 e. The summed E-state index contributed by atoms with van der Waals surface area (Å²) in [5.41, 5.74) is 6.01. The Balaban J connectivity index is 2.05. The van der Waals surface area contributed by atoms with Crippen LogP contribution >= 0.6 is 23.2 Å². The first-order chi connectivity index (χ1) is 11.0. The molecule has 0 radical (unpaired) electrons. The molecule has 5 nitrogen and oxygen atoms in total. The predicted octanol–water partition coefficient (Wildman–Crippen LogP) is 2.79. The minimum absolute atomic E-state index is 0.171. The van der Waals surface area contributed by atoms with Gasteiger partial charge in [-0.05, 0) is 30.3 Å². The molecule has 0 aliphatic carbocycles. The molecule has 0 saturated carbocycles. The van der Waals surface area contributed by atoms with E-state index in [-0.39, 0.29) is 13.2 Å². The molecule has 2 aromatic rings. The van der Waals surface area contributed by atoms with E-state index in [9.17, 15) is 9.59 Å². The van der Waals surface area contributed by atoms with Gasteiger partial charge in [0.25, 0.3) is 5.91 Å². The average molecular weight is 353 g/mol. The van der Waals surface area contributed by atoms with Crippen LogP contribution in [-0.4, -0.2) is 18.4 Å². The normalized spacial score (nSPS) is 10.2. The number of hydrogen-bond donors (Lipinski definition) is 2. The van der Waals surface area contributed by atoms with Crippen molar-refractivity contribution in [3.05, 3.63) is 63.6 Å². The lowest BCUT2D eigenvalue weighted by molar-refractivity contribution is -0.117. The second kappa shape index (κ2) is 7.85. The zero-order chi connectivity index (χ0) is 16.8. The van der Waals surface area contributed by atoms with Crippen LogP contribution in [0.1, 0.15) is 15.9 Å². The number of hydrogen-bond acceptors (Lipinski definition) is 3. The zero-order valence-corrected chi connectivity index (χ0v) is 13.5. The van der Waals surface area contributed by atoms with Crippen molar-refractivity contribution in [1.82, 2.24) is 5.32 Å². The molecule has 7 heteroatoms. The Morgan fingerprint density at radius 2 is 1.74 bits per heavy atom. The fraction of sp³-hybridized carbons (Fsp3) is 0.125. The third-order valence-electron chi connectivity index (χ3n) is 2.96. The average Bonchev–Trinajstić information content (AvgIpc) is 2.52. The number of nitrogens with two attached hydrogens (primary N) is 1. The zero-order valence-electron chi connectivity index (χ0n) is 12.0. The van der Waals surface area contributed by atoms with Gasteiger partial charge in [-0.3, -0.25) is 9.59 Å². The number of ether oxygens (including phenoxy) is 1. The summed E-state index contributed by atoms with van der Waals surface area (Å²) in [7, 11) is 0. The second-order valence-electron chi connectivity index (χ2n) is 4.67. The highest BCUT2D eigenvalue weighted by Crippen LogP contribution is 2.26. The van der Waals surface area contributed by atoms with Crippen molar-refractivity contribution in [2.24, 2.45) is 5.73 Å². The maximum absolute atomic E-state index is 11.9. The number of carbonyl (C=O) groups is 2. The number of primary amides is 1. The monoisotopic (exact) mass is 352 g/mol. The highest BCUT2D eigenvalue weighted by molar-refractivity contribution is 6.35. The van der Waals surface area contributed by atoms with Gasteiger partial charge in [0.05, 0.1) is 6.54 Å². The van der Waals surface area contributed by atoms with E-state index in [1.54, 1.807) is 42.5 Å². The summed E-state index contributed by atoms with van der Waals surface area (Å²) in [6.45, 7) is -0.0516. The molecule has 0 aliphatic heterocycles. The van der Waals surface area contributed by atoms with Crippen LogP contribution in [0.4, 0.5) is 0 Å². The minimum atomic E-state index is -0.612. The Morgan fingerprint density at radius 3 is 2.39 bits per heavy atom. The summed E-state index contributed by atoms with van der Waals surface area (Å²) >= 11 is 12.2. The number of amides is 2. The summed E-state index contributed by atoms with van der Waals surface area (Å²) in [5, 5.41) is 3.42. The molecule has 0 unspecified atom stereocenters. The topological polar surface area (TPSA) is 81.4 Å². The lowest BCUT2D eigenvalue weighted by Crippen LogP contribution is -2.33. The Bertz CT molecular complexity index is 715. The van der Waals surface area contributed by atoms with Gasteiger partial charge in [-0.2, -0.15) is 0 Å². The van der Waals surface area contributed by atoms with Gasteiger partial charge >= 0.3 is 0 Å². The van der Waals surface area contributed by atoms with Crippen molar-refractivity contribution in [3.63, 3.8) is 0 Å². The summed E-state index contributed by atoms with van der Waals surface area (Å²) in [6, 6.07) is 11.7. The van der Waals surface area contributed by atoms with Crippen molar-refractivity contribution >= 4 is 35.0 Å². The molecule has 120 valence electrons. The van der Waals surface area contributed by atoms with Crippen molar-refractivity contribution in [3.8, 4) is 5.75 Å². The molecule has 0 bridgehead atoms. The van der Waals surface area contributed by atoms with Gasteiger partial charge in [-0.25, -0.2) is 0 Å². The smallest absolute Gasteiger partial charge is 0.251 e. The summed E-state index contributed by atoms with van der Waals surface area (Å²) < 4.78 is 5.63. The van der Waals surface area contributed by atoms with E-state index in [0.29, 0.717) is 26.9 Å². The maximum Gasteiger partial charge on any atom is 0.251 e. The Labute approximate surface area is 143 Å². The quantitative estimate of drug-likeness (QED) is 0.838. The lowest BCUT2D eigenvalue weighted by atomic mass is 10.2. The summed E-state index contributed by atoms with van der Waals surface area (Å²) in [6.07, 6.45) is 0. The molecule has 0 spiro atoms. The third kappa shape index (κ3) is 4.87. The van der Waals surface area contributed by atoms with Crippen LogP contribution < -0.4 is 15.8 Å². The van der Waals surface area contributed by atoms with Crippen molar-refractivity contribution in [1.29, 1.82) is 0 Å². The standard InChI is InChI=1S/C16H14Cl2N2O3/c17-13-5-2-6-14(18)12(13)9-23-11-4-1-3-10(7-11)16(22)20-8-15(19)21/h1-7H,8-9H2,(H2,19,21)(H,20,22). The molecular formula is C16H14Cl2N2O3. The van der Waals surface area contributed by atoms with Crippen molar-refractivity contribution in [2.45, 2.75) is 6.61 Å². The molecule has 0 atom stereocenters. The fourth-order valence-electron chi connectivity index (χ4n) is 1.82. The van der Waals surface area contributed by atoms with Gasteiger partial charge in [0.1, 0.15) is 12.4 Å². The van der Waals surface area contributed by atoms with Crippen LogP contribution in [0, 0.1) is 0 Å². The number of nitrogens with one attached hydrogen (secondary N) is 1. The Morgan fingerprint density at radius 1 is 1.09 bits per heavy atom. The number of rotatable bonds is 6. The van der Waals surface area contributed by atoms with E-state index in [1.165, 1.54) is 0 Å². The molecule has 0 aliphatic rings. The first-order valence-corrected chi connectivity index (χ1v) is 7.45. The van der Waals surface area contributed by atoms with Gasteiger partial charge in [0.15, 0.2) is 0 Å². The third-order valence-corrected chi connectivity index (χ3v) is 3.67. The molecular weight excluding hydrogens is 339 g/mol. The van der Waals surface area contributed by atoms with Crippen LogP contribution in [0.5, 0.6) is 5.75 Å². The van der Waals surface area contributed by atoms with Gasteiger partial charge < -0.3 is 15.8 Å². The van der Waals surface area contributed by atoms with E-state index in [0.717, 1.165) is 0 Å².